The number of benzene rings is 1. The van der Waals surface area contributed by atoms with E-state index in [1.54, 1.807) is 12.1 Å². The van der Waals surface area contributed by atoms with Gasteiger partial charge < -0.3 is 5.73 Å². The van der Waals surface area contributed by atoms with Crippen LogP contribution in [0.1, 0.15) is 42.7 Å². The highest BCUT2D eigenvalue weighted by atomic mass is 19.4. The molecule has 2 atom stereocenters. The van der Waals surface area contributed by atoms with Crippen LogP contribution in [-0.2, 0) is 6.18 Å². The van der Waals surface area contributed by atoms with Gasteiger partial charge in [-0.1, -0.05) is 25.0 Å². The Balaban J connectivity index is 2.17. The Bertz CT molecular complexity index is 369. The van der Waals surface area contributed by atoms with Crippen LogP contribution in [-0.4, -0.2) is 6.04 Å². The lowest BCUT2D eigenvalue weighted by Gasteiger charge is -2.29. The van der Waals surface area contributed by atoms with Crippen LogP contribution in [0.2, 0.25) is 0 Å². The van der Waals surface area contributed by atoms with Crippen molar-refractivity contribution in [2.75, 3.05) is 0 Å². The van der Waals surface area contributed by atoms with E-state index in [1.165, 1.54) is 0 Å². The quantitative estimate of drug-likeness (QED) is 0.799. The fourth-order valence-electron chi connectivity index (χ4n) is 2.49. The molecule has 2 rings (SSSR count). The molecule has 4 heteroatoms. The van der Waals surface area contributed by atoms with Crippen molar-refractivity contribution in [3.63, 3.8) is 0 Å². The van der Waals surface area contributed by atoms with Gasteiger partial charge in [-0.25, -0.2) is 0 Å². The van der Waals surface area contributed by atoms with E-state index in [9.17, 15) is 13.2 Å². The average molecular weight is 243 g/mol. The van der Waals surface area contributed by atoms with Crippen molar-refractivity contribution in [1.82, 2.24) is 0 Å². The van der Waals surface area contributed by atoms with Crippen molar-refractivity contribution in [3.8, 4) is 0 Å². The van der Waals surface area contributed by atoms with Crippen molar-refractivity contribution in [2.45, 2.75) is 43.8 Å². The first-order valence-electron chi connectivity index (χ1n) is 5.91. The molecule has 1 nitrogen and oxygen atoms in total. The predicted molar refractivity (Wildman–Crippen MR) is 60.6 cm³/mol. The van der Waals surface area contributed by atoms with Gasteiger partial charge in [-0.2, -0.15) is 13.2 Å². The summed E-state index contributed by atoms with van der Waals surface area (Å²) in [4.78, 5) is 0. The van der Waals surface area contributed by atoms with Gasteiger partial charge in [0, 0.05) is 6.04 Å². The first kappa shape index (κ1) is 12.4. The predicted octanol–water partition coefficient (Wildman–Crippen LogP) is 3.69. The van der Waals surface area contributed by atoms with Crippen molar-refractivity contribution >= 4 is 0 Å². The molecule has 0 aromatic heterocycles. The van der Waals surface area contributed by atoms with Gasteiger partial charge in [-0.15, -0.1) is 0 Å². The minimum absolute atomic E-state index is 0.0838. The van der Waals surface area contributed by atoms with Gasteiger partial charge in [-0.3, -0.25) is 0 Å². The number of rotatable bonds is 1. The van der Waals surface area contributed by atoms with Crippen LogP contribution in [0.4, 0.5) is 13.2 Å². The second-order valence-corrected chi connectivity index (χ2v) is 4.67. The smallest absolute Gasteiger partial charge is 0.327 e. The Morgan fingerprint density at radius 2 is 1.59 bits per heavy atom. The molecule has 1 aliphatic carbocycles. The zero-order chi connectivity index (χ0) is 12.5. The summed E-state index contributed by atoms with van der Waals surface area (Å²) in [6.45, 7) is 0. The lowest BCUT2D eigenvalue weighted by molar-refractivity contribution is -0.137. The molecule has 1 aliphatic rings. The largest absolute Gasteiger partial charge is 0.416 e. The van der Waals surface area contributed by atoms with E-state index in [2.05, 4.69) is 0 Å². The standard InChI is InChI=1S/C13H16F3N/c14-13(15,16)10-7-5-9(6-8-10)11-3-1-2-4-12(11)17/h5-8,11-12H,1-4,17H2. The highest BCUT2D eigenvalue weighted by Gasteiger charge is 2.31. The molecule has 0 aliphatic heterocycles. The lowest BCUT2D eigenvalue weighted by atomic mass is 9.80. The Kier molecular flexibility index (Phi) is 3.43. The van der Waals surface area contributed by atoms with Crippen molar-refractivity contribution in [2.24, 2.45) is 5.73 Å². The summed E-state index contributed by atoms with van der Waals surface area (Å²) in [6, 6.07) is 5.52. The third-order valence-corrected chi connectivity index (χ3v) is 3.49. The maximum absolute atomic E-state index is 12.4. The molecule has 2 unspecified atom stereocenters. The Morgan fingerprint density at radius 3 is 2.12 bits per heavy atom. The van der Waals surface area contributed by atoms with Crippen LogP contribution in [0.3, 0.4) is 0 Å². The Labute approximate surface area is 98.8 Å². The molecule has 0 spiro atoms. The van der Waals surface area contributed by atoms with Gasteiger partial charge in [0.05, 0.1) is 5.56 Å². The van der Waals surface area contributed by atoms with Gasteiger partial charge in [0.15, 0.2) is 0 Å². The zero-order valence-corrected chi connectivity index (χ0v) is 9.50. The van der Waals surface area contributed by atoms with Gasteiger partial charge >= 0.3 is 6.18 Å². The molecular formula is C13H16F3N. The minimum Gasteiger partial charge on any atom is -0.327 e. The molecular weight excluding hydrogens is 227 g/mol. The third kappa shape index (κ3) is 2.80. The topological polar surface area (TPSA) is 26.0 Å². The maximum Gasteiger partial charge on any atom is 0.416 e. The summed E-state index contributed by atoms with van der Waals surface area (Å²) in [5.74, 6) is 0.214. The maximum atomic E-state index is 12.4. The van der Waals surface area contributed by atoms with E-state index in [0.717, 1.165) is 43.4 Å². The highest BCUT2D eigenvalue weighted by molar-refractivity contribution is 5.28. The molecule has 0 bridgehead atoms. The third-order valence-electron chi connectivity index (χ3n) is 3.49. The summed E-state index contributed by atoms with van der Waals surface area (Å²) >= 11 is 0. The normalized spacial score (nSPS) is 25.9. The minimum atomic E-state index is -4.26. The zero-order valence-electron chi connectivity index (χ0n) is 9.50. The monoisotopic (exact) mass is 243 g/mol. The lowest BCUT2D eigenvalue weighted by Crippen LogP contribution is -2.31. The van der Waals surface area contributed by atoms with E-state index < -0.39 is 11.7 Å². The molecule has 0 heterocycles. The summed E-state index contributed by atoms with van der Waals surface area (Å²) in [6.07, 6.45) is -0.0802. The van der Waals surface area contributed by atoms with Crippen LogP contribution in [0.25, 0.3) is 0 Å². The number of halogens is 3. The average Bonchev–Trinajstić information content (AvgIpc) is 2.29. The van der Waals surface area contributed by atoms with Crippen molar-refractivity contribution < 1.29 is 13.2 Å². The molecule has 0 amide bonds. The first-order chi connectivity index (χ1) is 7.98. The summed E-state index contributed by atoms with van der Waals surface area (Å²) in [5, 5.41) is 0. The molecule has 0 saturated heterocycles. The second kappa shape index (κ2) is 4.69. The van der Waals surface area contributed by atoms with E-state index >= 15 is 0 Å². The second-order valence-electron chi connectivity index (χ2n) is 4.67. The van der Waals surface area contributed by atoms with Gasteiger partial charge in [0.1, 0.15) is 0 Å². The van der Waals surface area contributed by atoms with Crippen molar-refractivity contribution in [1.29, 1.82) is 0 Å². The molecule has 1 aromatic rings. The molecule has 1 saturated carbocycles. The van der Waals surface area contributed by atoms with Crippen molar-refractivity contribution in [3.05, 3.63) is 35.4 Å². The number of alkyl halides is 3. The van der Waals surface area contributed by atoms with Crippen LogP contribution < -0.4 is 5.73 Å². The van der Waals surface area contributed by atoms with E-state index in [4.69, 9.17) is 5.73 Å². The molecule has 94 valence electrons. The summed E-state index contributed by atoms with van der Waals surface area (Å²) < 4.78 is 37.2. The molecule has 0 radical (unpaired) electrons. The Morgan fingerprint density at radius 1 is 1.00 bits per heavy atom. The van der Waals surface area contributed by atoms with E-state index in [1.807, 2.05) is 0 Å². The summed E-state index contributed by atoms with van der Waals surface area (Å²) in [7, 11) is 0. The number of hydrogen-bond acceptors (Lipinski definition) is 1. The van der Waals surface area contributed by atoms with Crippen LogP contribution in [0.5, 0.6) is 0 Å². The molecule has 1 aromatic carbocycles. The number of nitrogens with two attached hydrogens (primary N) is 1. The van der Waals surface area contributed by atoms with Gasteiger partial charge in [-0.05, 0) is 36.5 Å². The summed E-state index contributed by atoms with van der Waals surface area (Å²) in [5.41, 5.74) is 6.36. The fraction of sp³-hybridized carbons (Fsp3) is 0.538. The van der Waals surface area contributed by atoms with E-state index in [0.29, 0.717) is 0 Å². The van der Waals surface area contributed by atoms with Crippen LogP contribution in [0, 0.1) is 0 Å². The molecule has 17 heavy (non-hydrogen) atoms. The van der Waals surface area contributed by atoms with E-state index in [-0.39, 0.29) is 12.0 Å². The molecule has 2 N–H and O–H groups in total. The highest BCUT2D eigenvalue weighted by Crippen LogP contribution is 2.34. The fourth-order valence-corrected chi connectivity index (χ4v) is 2.49. The number of hydrogen-bond donors (Lipinski definition) is 1. The SMILES string of the molecule is NC1CCCCC1c1ccc(C(F)(F)F)cc1. The van der Waals surface area contributed by atoms with Gasteiger partial charge in [0.2, 0.25) is 0 Å². The molecule has 1 fully saturated rings. The van der Waals surface area contributed by atoms with Crippen LogP contribution >= 0.6 is 0 Å². The van der Waals surface area contributed by atoms with Crippen LogP contribution in [0.15, 0.2) is 24.3 Å². The van der Waals surface area contributed by atoms with Gasteiger partial charge in [0.25, 0.3) is 0 Å². The Hall–Kier alpha value is -1.03. The first-order valence-corrected chi connectivity index (χ1v) is 5.91.